The van der Waals surface area contributed by atoms with E-state index in [0.717, 1.165) is 12.1 Å². The molecule has 1 fully saturated rings. The lowest BCUT2D eigenvalue weighted by Crippen LogP contribution is -2.26. The molecule has 0 aliphatic heterocycles. The second-order valence-electron chi connectivity index (χ2n) is 5.05. The van der Waals surface area contributed by atoms with Crippen LogP contribution in [0.2, 0.25) is 0 Å². The molecule has 0 heterocycles. The summed E-state index contributed by atoms with van der Waals surface area (Å²) in [6.07, 6.45) is 2.22. The first kappa shape index (κ1) is 11.6. The van der Waals surface area contributed by atoms with E-state index in [1.165, 1.54) is 24.0 Å². The van der Waals surface area contributed by atoms with Crippen molar-refractivity contribution in [3.8, 4) is 0 Å². The molecular weight excluding hydrogens is 198 g/mol. The third-order valence-corrected chi connectivity index (χ3v) is 3.42. The monoisotopic (exact) mass is 219 g/mol. The number of likely N-dealkylation sites (N-methyl/N-ethyl adjacent to an activating group) is 1. The predicted octanol–water partition coefficient (Wildman–Crippen LogP) is 2.43. The van der Waals surface area contributed by atoms with Crippen molar-refractivity contribution in [2.24, 2.45) is 0 Å². The molecule has 2 rings (SSSR count). The molecule has 1 aromatic carbocycles. The van der Waals surface area contributed by atoms with Crippen molar-refractivity contribution in [1.82, 2.24) is 4.90 Å². The van der Waals surface area contributed by atoms with E-state index >= 15 is 0 Å². The van der Waals surface area contributed by atoms with Crippen LogP contribution >= 0.6 is 0 Å². The number of nitrogens with zero attached hydrogens (tertiary/aromatic N) is 1. The highest BCUT2D eigenvalue weighted by molar-refractivity contribution is 5.32. The van der Waals surface area contributed by atoms with Crippen LogP contribution in [0.4, 0.5) is 0 Å². The minimum absolute atomic E-state index is 0.355. The SMILES string of the molecule is Cc1ccc(C(O)CN(C)C2CC2)c(C)c1. The lowest BCUT2D eigenvalue weighted by Gasteiger charge is -2.21. The van der Waals surface area contributed by atoms with Gasteiger partial charge in [-0.25, -0.2) is 0 Å². The van der Waals surface area contributed by atoms with Gasteiger partial charge in [0, 0.05) is 12.6 Å². The van der Waals surface area contributed by atoms with Gasteiger partial charge in [0.1, 0.15) is 0 Å². The lowest BCUT2D eigenvalue weighted by atomic mass is 10.0. The van der Waals surface area contributed by atoms with E-state index in [-0.39, 0.29) is 6.10 Å². The maximum Gasteiger partial charge on any atom is 0.0919 e. The van der Waals surface area contributed by atoms with E-state index in [4.69, 9.17) is 0 Å². The standard InChI is InChI=1S/C14H21NO/c1-10-4-7-13(11(2)8-10)14(16)9-15(3)12-5-6-12/h4,7-8,12,14,16H,5-6,9H2,1-3H3. The molecule has 1 aliphatic carbocycles. The summed E-state index contributed by atoms with van der Waals surface area (Å²) >= 11 is 0. The topological polar surface area (TPSA) is 23.5 Å². The lowest BCUT2D eigenvalue weighted by molar-refractivity contribution is 0.123. The molecule has 1 aromatic rings. The summed E-state index contributed by atoms with van der Waals surface area (Å²) in [7, 11) is 2.10. The molecule has 2 nitrogen and oxygen atoms in total. The van der Waals surface area contributed by atoms with Crippen molar-refractivity contribution < 1.29 is 5.11 Å². The number of aryl methyl sites for hydroxylation is 2. The molecule has 0 radical (unpaired) electrons. The van der Waals surface area contributed by atoms with Crippen LogP contribution in [0.3, 0.4) is 0 Å². The predicted molar refractivity (Wildman–Crippen MR) is 66.5 cm³/mol. The maximum absolute atomic E-state index is 10.2. The first-order valence-electron chi connectivity index (χ1n) is 6.03. The zero-order valence-corrected chi connectivity index (χ0v) is 10.4. The highest BCUT2D eigenvalue weighted by Gasteiger charge is 2.27. The van der Waals surface area contributed by atoms with Gasteiger partial charge in [0.05, 0.1) is 6.10 Å². The zero-order chi connectivity index (χ0) is 11.7. The first-order chi connectivity index (χ1) is 7.58. The van der Waals surface area contributed by atoms with Crippen molar-refractivity contribution in [3.05, 3.63) is 34.9 Å². The Labute approximate surface area is 97.9 Å². The molecule has 0 spiro atoms. The van der Waals surface area contributed by atoms with Gasteiger partial charge in [-0.15, -0.1) is 0 Å². The summed E-state index contributed by atoms with van der Waals surface area (Å²) in [4.78, 5) is 2.27. The molecule has 1 unspecified atom stereocenters. The van der Waals surface area contributed by atoms with Crippen LogP contribution in [0, 0.1) is 13.8 Å². The van der Waals surface area contributed by atoms with E-state index in [1.54, 1.807) is 0 Å². The molecule has 0 amide bonds. The first-order valence-corrected chi connectivity index (χ1v) is 6.03. The van der Waals surface area contributed by atoms with Gasteiger partial charge in [-0.3, -0.25) is 0 Å². The molecule has 0 saturated heterocycles. The summed E-state index contributed by atoms with van der Waals surface area (Å²) in [6, 6.07) is 6.97. The molecule has 1 aliphatic rings. The summed E-state index contributed by atoms with van der Waals surface area (Å²) < 4.78 is 0. The number of benzene rings is 1. The number of hydrogen-bond acceptors (Lipinski definition) is 2. The van der Waals surface area contributed by atoms with E-state index < -0.39 is 0 Å². The second kappa shape index (κ2) is 4.56. The van der Waals surface area contributed by atoms with Crippen molar-refractivity contribution in [3.63, 3.8) is 0 Å². The molecule has 1 N–H and O–H groups in total. The van der Waals surface area contributed by atoms with Crippen molar-refractivity contribution in [2.45, 2.75) is 38.8 Å². The Bertz CT molecular complexity index is 371. The summed E-state index contributed by atoms with van der Waals surface area (Å²) in [5, 5.41) is 10.2. The van der Waals surface area contributed by atoms with E-state index in [2.05, 4.69) is 44.0 Å². The van der Waals surface area contributed by atoms with Crippen LogP contribution in [-0.2, 0) is 0 Å². The fraction of sp³-hybridized carbons (Fsp3) is 0.571. The van der Waals surface area contributed by atoms with Crippen LogP contribution in [-0.4, -0.2) is 29.6 Å². The number of hydrogen-bond donors (Lipinski definition) is 1. The highest BCUT2D eigenvalue weighted by Crippen LogP contribution is 2.28. The second-order valence-corrected chi connectivity index (χ2v) is 5.05. The Morgan fingerprint density at radius 1 is 1.38 bits per heavy atom. The Morgan fingerprint density at radius 3 is 2.62 bits per heavy atom. The molecular formula is C14H21NO. The quantitative estimate of drug-likeness (QED) is 0.840. The van der Waals surface area contributed by atoms with Gasteiger partial charge in [-0.2, -0.15) is 0 Å². The number of aliphatic hydroxyl groups is 1. The van der Waals surface area contributed by atoms with E-state index in [1.807, 2.05) is 0 Å². The fourth-order valence-electron chi connectivity index (χ4n) is 2.24. The van der Waals surface area contributed by atoms with Gasteiger partial charge in [0.15, 0.2) is 0 Å². The smallest absolute Gasteiger partial charge is 0.0919 e. The normalized spacial score (nSPS) is 17.8. The highest BCUT2D eigenvalue weighted by atomic mass is 16.3. The summed E-state index contributed by atoms with van der Waals surface area (Å²) in [5.41, 5.74) is 3.51. The third-order valence-electron chi connectivity index (χ3n) is 3.42. The van der Waals surface area contributed by atoms with Crippen LogP contribution in [0.1, 0.15) is 35.6 Å². The largest absolute Gasteiger partial charge is 0.387 e. The minimum Gasteiger partial charge on any atom is -0.387 e. The average molecular weight is 219 g/mol. The Hall–Kier alpha value is -0.860. The Balaban J connectivity index is 2.04. The van der Waals surface area contributed by atoms with Crippen molar-refractivity contribution >= 4 is 0 Å². The van der Waals surface area contributed by atoms with Crippen molar-refractivity contribution in [2.75, 3.05) is 13.6 Å². The van der Waals surface area contributed by atoms with Crippen molar-refractivity contribution in [1.29, 1.82) is 0 Å². The molecule has 1 saturated carbocycles. The summed E-state index contributed by atoms with van der Waals surface area (Å²) in [5.74, 6) is 0. The molecule has 0 aromatic heterocycles. The van der Waals surface area contributed by atoms with E-state index in [9.17, 15) is 5.11 Å². The van der Waals surface area contributed by atoms with Crippen LogP contribution in [0.5, 0.6) is 0 Å². The Kier molecular flexibility index (Phi) is 3.31. The van der Waals surface area contributed by atoms with Gasteiger partial charge in [-0.05, 0) is 44.9 Å². The van der Waals surface area contributed by atoms with Gasteiger partial charge in [0.25, 0.3) is 0 Å². The van der Waals surface area contributed by atoms with Crippen LogP contribution < -0.4 is 0 Å². The maximum atomic E-state index is 10.2. The number of aliphatic hydroxyl groups excluding tert-OH is 1. The molecule has 16 heavy (non-hydrogen) atoms. The Morgan fingerprint density at radius 2 is 2.06 bits per heavy atom. The van der Waals surface area contributed by atoms with Gasteiger partial charge >= 0.3 is 0 Å². The fourth-order valence-corrected chi connectivity index (χ4v) is 2.24. The van der Waals surface area contributed by atoms with Gasteiger partial charge in [-0.1, -0.05) is 23.8 Å². The van der Waals surface area contributed by atoms with Gasteiger partial charge < -0.3 is 10.0 Å². The number of rotatable bonds is 4. The molecule has 1 atom stereocenters. The zero-order valence-electron chi connectivity index (χ0n) is 10.4. The third kappa shape index (κ3) is 2.63. The minimum atomic E-state index is -0.355. The van der Waals surface area contributed by atoms with Crippen LogP contribution in [0.25, 0.3) is 0 Å². The summed E-state index contributed by atoms with van der Waals surface area (Å²) in [6.45, 7) is 4.90. The molecule has 2 heteroatoms. The van der Waals surface area contributed by atoms with E-state index in [0.29, 0.717) is 6.04 Å². The molecule has 0 bridgehead atoms. The van der Waals surface area contributed by atoms with Crippen LogP contribution in [0.15, 0.2) is 18.2 Å². The van der Waals surface area contributed by atoms with Gasteiger partial charge in [0.2, 0.25) is 0 Å². The average Bonchev–Trinajstić information content (AvgIpc) is 2.99. The molecule has 88 valence electrons.